The molecule has 2 aliphatic rings. The molecule has 0 bridgehead atoms. The second-order valence-corrected chi connectivity index (χ2v) is 18.7. The van der Waals surface area contributed by atoms with E-state index in [-0.39, 0.29) is 42.5 Å². The molecule has 0 aliphatic heterocycles. The maximum absolute atomic E-state index is 11.5. The largest absolute Gasteiger partial charge is 0.512 e. The zero-order valence-electron chi connectivity index (χ0n) is 33.3. The molecule has 3 aromatic carbocycles. The van der Waals surface area contributed by atoms with Gasteiger partial charge in [0.15, 0.2) is 5.78 Å². The van der Waals surface area contributed by atoms with Crippen LogP contribution in [0.2, 0.25) is 0 Å². The zero-order valence-corrected chi connectivity index (χ0v) is 35.7. The van der Waals surface area contributed by atoms with Gasteiger partial charge in [0.05, 0.1) is 5.52 Å². The monoisotopic (exact) mass is 865 g/mol. The number of rotatable bonds is 3. The fourth-order valence-corrected chi connectivity index (χ4v) is 8.14. The third-order valence-electron chi connectivity index (χ3n) is 11.3. The van der Waals surface area contributed by atoms with Crippen molar-refractivity contribution in [1.82, 2.24) is 4.98 Å². The van der Waals surface area contributed by atoms with Crippen molar-refractivity contribution in [2.75, 3.05) is 0 Å². The van der Waals surface area contributed by atoms with E-state index in [0.29, 0.717) is 11.3 Å². The summed E-state index contributed by atoms with van der Waals surface area (Å²) in [4.78, 5) is 16.8. The number of carbonyl (C=O) groups is 1. The first-order valence-electron chi connectivity index (χ1n) is 19.1. The standard InChI is InChI=1S/C36H42N.C11H20O2.Ir/c1-24-19-25(2)34-30(26-13-17-36(18-14-26)15-9-6-10-16-36)23-32(37-33(34)20-24)28-21-27-11-7-8-12-29(27)31(22-28)35(3,4)5;1-10(2,3)8(12)7-9(13)11(4,5)6;/h7-8,11-12,19-20,22-23,26H,6,9-10,13-18H2,1-5H3;7,12H,1-6H3;/q-1;;/b;8-7-;. The van der Waals surface area contributed by atoms with E-state index in [1.807, 2.05) is 41.5 Å². The first-order valence-corrected chi connectivity index (χ1v) is 19.1. The summed E-state index contributed by atoms with van der Waals surface area (Å²) in [7, 11) is 0. The Morgan fingerprint density at radius 1 is 0.843 bits per heavy atom. The number of hydrogen-bond donors (Lipinski definition) is 1. The summed E-state index contributed by atoms with van der Waals surface area (Å²) in [5.41, 5.74) is 8.87. The molecule has 277 valence electrons. The van der Waals surface area contributed by atoms with Crippen LogP contribution in [0.1, 0.15) is 148 Å². The van der Waals surface area contributed by atoms with Gasteiger partial charge in [0, 0.05) is 48.1 Å². The van der Waals surface area contributed by atoms with Gasteiger partial charge in [-0.1, -0.05) is 123 Å². The van der Waals surface area contributed by atoms with E-state index in [2.05, 4.69) is 89.2 Å². The SMILES string of the molecule is CC(C)(C)C(=O)/C=C(\O)C(C)(C)C.Cc1cc(C)c2c(C3CCC4(CCCCC4)CC3)cc(-c3[c-]c4ccccc4c(C(C)(C)C)c3)nc2c1.[Ir]. The number of allylic oxidation sites excluding steroid dienone is 2. The number of aryl methyl sites for hydroxylation is 2. The van der Waals surface area contributed by atoms with Gasteiger partial charge < -0.3 is 5.11 Å². The fraction of sp³-hybridized carbons (Fsp3) is 0.532. The third kappa shape index (κ3) is 9.60. The summed E-state index contributed by atoms with van der Waals surface area (Å²) in [6.45, 7) is 22.5. The predicted molar refractivity (Wildman–Crippen MR) is 213 cm³/mol. The Morgan fingerprint density at radius 2 is 1.47 bits per heavy atom. The Morgan fingerprint density at radius 3 is 2.06 bits per heavy atom. The Balaban J connectivity index is 0.000000358. The van der Waals surface area contributed by atoms with E-state index in [1.165, 1.54) is 102 Å². The summed E-state index contributed by atoms with van der Waals surface area (Å²) in [6, 6.07) is 21.9. The molecule has 4 heteroatoms. The van der Waals surface area contributed by atoms with E-state index < -0.39 is 5.41 Å². The first kappa shape index (κ1) is 41.0. The maximum Gasteiger partial charge on any atom is 0.164 e. The molecule has 1 spiro atoms. The van der Waals surface area contributed by atoms with Gasteiger partial charge in [-0.15, -0.1) is 29.1 Å². The molecule has 0 saturated heterocycles. The Labute approximate surface area is 322 Å². The molecule has 0 unspecified atom stereocenters. The molecule has 1 N–H and O–H groups in total. The predicted octanol–water partition coefficient (Wildman–Crippen LogP) is 13.5. The molecular weight excluding hydrogens is 803 g/mol. The van der Waals surface area contributed by atoms with Gasteiger partial charge in [-0.25, -0.2) is 0 Å². The van der Waals surface area contributed by atoms with E-state index in [0.717, 1.165) is 16.8 Å². The van der Waals surface area contributed by atoms with Crippen molar-refractivity contribution in [2.24, 2.45) is 16.2 Å². The van der Waals surface area contributed by atoms with Gasteiger partial charge in [0.25, 0.3) is 0 Å². The molecule has 2 fully saturated rings. The average Bonchev–Trinajstić information content (AvgIpc) is 3.03. The normalized spacial score (nSPS) is 17.2. The molecule has 2 aliphatic carbocycles. The Hall–Kier alpha value is -2.81. The second kappa shape index (κ2) is 15.7. The van der Waals surface area contributed by atoms with Crippen molar-refractivity contribution in [3.63, 3.8) is 0 Å². The third-order valence-corrected chi connectivity index (χ3v) is 11.3. The molecule has 4 aromatic rings. The van der Waals surface area contributed by atoms with Crippen molar-refractivity contribution in [3.05, 3.63) is 88.7 Å². The van der Waals surface area contributed by atoms with Crippen LogP contribution in [0.25, 0.3) is 32.9 Å². The van der Waals surface area contributed by atoms with Crippen molar-refractivity contribution >= 4 is 27.5 Å². The second-order valence-electron chi connectivity index (χ2n) is 18.7. The van der Waals surface area contributed by atoms with Crippen LogP contribution < -0.4 is 0 Å². The smallest absolute Gasteiger partial charge is 0.164 e. The van der Waals surface area contributed by atoms with Crippen molar-refractivity contribution in [1.29, 1.82) is 0 Å². The summed E-state index contributed by atoms with van der Waals surface area (Å²) < 4.78 is 0. The molecule has 51 heavy (non-hydrogen) atoms. The number of ketones is 1. The molecule has 2 saturated carbocycles. The summed E-state index contributed by atoms with van der Waals surface area (Å²) in [6.07, 6.45) is 14.0. The van der Waals surface area contributed by atoms with Crippen molar-refractivity contribution in [3.8, 4) is 11.3 Å². The topological polar surface area (TPSA) is 50.2 Å². The summed E-state index contributed by atoms with van der Waals surface area (Å²) in [5.74, 6) is 0.730. The molecule has 1 radical (unpaired) electrons. The minimum Gasteiger partial charge on any atom is -0.512 e. The number of aliphatic hydroxyl groups is 1. The summed E-state index contributed by atoms with van der Waals surface area (Å²) >= 11 is 0. The number of nitrogens with zero attached hydrogens (tertiary/aromatic N) is 1. The van der Waals surface area contributed by atoms with Crippen LogP contribution in [-0.4, -0.2) is 15.9 Å². The van der Waals surface area contributed by atoms with Crippen LogP contribution in [0.5, 0.6) is 0 Å². The minimum absolute atomic E-state index is 0. The zero-order chi connectivity index (χ0) is 36.6. The fourth-order valence-electron chi connectivity index (χ4n) is 8.14. The molecule has 6 rings (SSSR count). The maximum atomic E-state index is 11.5. The molecule has 0 amide bonds. The first-order chi connectivity index (χ1) is 23.3. The van der Waals surface area contributed by atoms with E-state index in [9.17, 15) is 9.90 Å². The Bertz CT molecular complexity index is 1880. The van der Waals surface area contributed by atoms with Gasteiger partial charge in [-0.05, 0) is 91.9 Å². The van der Waals surface area contributed by atoms with Gasteiger partial charge in [-0.2, -0.15) is 0 Å². The average molecular weight is 865 g/mol. The molecule has 3 nitrogen and oxygen atoms in total. The van der Waals surface area contributed by atoms with Crippen LogP contribution in [-0.2, 0) is 30.3 Å². The van der Waals surface area contributed by atoms with Crippen LogP contribution in [0, 0.1) is 36.2 Å². The van der Waals surface area contributed by atoms with E-state index >= 15 is 0 Å². The number of aromatic nitrogens is 1. The van der Waals surface area contributed by atoms with Crippen LogP contribution in [0.3, 0.4) is 0 Å². The van der Waals surface area contributed by atoms with E-state index in [4.69, 9.17) is 4.98 Å². The number of hydrogen-bond acceptors (Lipinski definition) is 3. The molecule has 1 aromatic heterocycles. The summed E-state index contributed by atoms with van der Waals surface area (Å²) in [5, 5.41) is 13.4. The minimum atomic E-state index is -0.417. The molecule has 0 atom stereocenters. The Kier molecular flexibility index (Phi) is 12.6. The van der Waals surface area contributed by atoms with Gasteiger partial charge in [0.2, 0.25) is 0 Å². The molecular formula is C47H62IrNO2-. The number of fused-ring (bicyclic) bond motifs is 2. The van der Waals surface area contributed by atoms with Crippen LogP contribution in [0.15, 0.2) is 60.4 Å². The van der Waals surface area contributed by atoms with Gasteiger partial charge in [0.1, 0.15) is 5.76 Å². The van der Waals surface area contributed by atoms with Gasteiger partial charge >= 0.3 is 0 Å². The van der Waals surface area contributed by atoms with Crippen molar-refractivity contribution < 1.29 is 30.0 Å². The van der Waals surface area contributed by atoms with Gasteiger partial charge in [-0.3, -0.25) is 9.78 Å². The number of pyridine rings is 1. The number of carbonyl (C=O) groups excluding carboxylic acids is 1. The van der Waals surface area contributed by atoms with Crippen LogP contribution in [0.4, 0.5) is 0 Å². The number of benzene rings is 3. The quantitative estimate of drug-likeness (QED) is 0.127. The van der Waals surface area contributed by atoms with Crippen molar-refractivity contribution in [2.45, 2.75) is 145 Å². The molecule has 1 heterocycles. The van der Waals surface area contributed by atoms with Crippen LogP contribution >= 0.6 is 0 Å². The van der Waals surface area contributed by atoms with E-state index in [1.54, 1.807) is 0 Å². The number of aliphatic hydroxyl groups excluding tert-OH is 1.